The third kappa shape index (κ3) is 3.61. The summed E-state index contributed by atoms with van der Waals surface area (Å²) in [5.74, 6) is 1.39. The van der Waals surface area contributed by atoms with Crippen molar-refractivity contribution < 1.29 is 9.13 Å². The minimum absolute atomic E-state index is 0.221. The average Bonchev–Trinajstić information content (AvgIpc) is 3.22. The van der Waals surface area contributed by atoms with Gasteiger partial charge in [0.05, 0.1) is 22.1 Å². The van der Waals surface area contributed by atoms with E-state index in [0.29, 0.717) is 17.5 Å². The lowest BCUT2D eigenvalue weighted by Crippen LogP contribution is -1.94. The van der Waals surface area contributed by atoms with Crippen molar-refractivity contribution >= 4 is 22.9 Å². The summed E-state index contributed by atoms with van der Waals surface area (Å²) in [7, 11) is 1.81. The molecule has 0 saturated carbocycles. The van der Waals surface area contributed by atoms with E-state index in [0.717, 1.165) is 21.8 Å². The molecule has 0 aliphatic carbocycles. The van der Waals surface area contributed by atoms with Gasteiger partial charge < -0.3 is 4.74 Å². The maximum Gasteiger partial charge on any atom is 0.186 e. The molecular formula is C23H21ClFN3OS. The molecule has 4 nitrogen and oxygen atoms in total. The molecule has 0 unspecified atom stereocenters. The van der Waals surface area contributed by atoms with Crippen molar-refractivity contribution in [1.29, 1.82) is 0 Å². The molecule has 0 aliphatic rings. The molecule has 0 bridgehead atoms. The van der Waals surface area contributed by atoms with Gasteiger partial charge in [0, 0.05) is 11.9 Å². The highest BCUT2D eigenvalue weighted by Gasteiger charge is 2.22. The van der Waals surface area contributed by atoms with Crippen molar-refractivity contribution in [2.24, 2.45) is 7.05 Å². The lowest BCUT2D eigenvalue weighted by Gasteiger charge is -2.06. The van der Waals surface area contributed by atoms with Gasteiger partial charge in [0.2, 0.25) is 0 Å². The van der Waals surface area contributed by atoms with Gasteiger partial charge in [0.25, 0.3) is 0 Å². The first kappa shape index (κ1) is 20.6. The van der Waals surface area contributed by atoms with Crippen molar-refractivity contribution in [2.45, 2.75) is 20.8 Å². The zero-order valence-electron chi connectivity index (χ0n) is 17.2. The van der Waals surface area contributed by atoms with Crippen molar-refractivity contribution in [2.75, 3.05) is 6.61 Å². The smallest absolute Gasteiger partial charge is 0.186 e. The SMILES string of the molecule is CCOc1ccc(-c2c(C)sc(-c3nc(-c4c(F)cccc4Cl)nn3C)c2C)cc1. The fraction of sp³-hybridized carbons (Fsp3) is 0.217. The molecule has 0 saturated heterocycles. The molecule has 2 heterocycles. The summed E-state index contributed by atoms with van der Waals surface area (Å²) < 4.78 is 21.6. The zero-order chi connectivity index (χ0) is 21.4. The van der Waals surface area contributed by atoms with Gasteiger partial charge in [-0.1, -0.05) is 29.8 Å². The number of thiophene rings is 1. The van der Waals surface area contributed by atoms with E-state index >= 15 is 0 Å². The summed E-state index contributed by atoms with van der Waals surface area (Å²) in [5.41, 5.74) is 3.63. The number of hydrogen-bond donors (Lipinski definition) is 0. The number of nitrogens with zero attached hydrogens (tertiary/aromatic N) is 3. The number of halogens is 2. The van der Waals surface area contributed by atoms with Crippen LogP contribution in [0.15, 0.2) is 42.5 Å². The van der Waals surface area contributed by atoms with Gasteiger partial charge >= 0.3 is 0 Å². The zero-order valence-corrected chi connectivity index (χ0v) is 18.7. The number of benzene rings is 2. The van der Waals surface area contributed by atoms with Gasteiger partial charge in [-0.05, 0) is 61.7 Å². The molecule has 0 aliphatic heterocycles. The van der Waals surface area contributed by atoms with E-state index in [1.165, 1.54) is 16.5 Å². The van der Waals surface area contributed by atoms with Crippen LogP contribution >= 0.6 is 22.9 Å². The van der Waals surface area contributed by atoms with Crippen LogP contribution in [0.2, 0.25) is 5.02 Å². The maximum atomic E-state index is 14.4. The molecule has 2 aromatic heterocycles. The van der Waals surface area contributed by atoms with E-state index in [4.69, 9.17) is 16.3 Å². The second-order valence-corrected chi connectivity index (χ2v) is 8.56. The Kier molecular flexibility index (Phi) is 5.62. The molecule has 4 aromatic rings. The largest absolute Gasteiger partial charge is 0.494 e. The van der Waals surface area contributed by atoms with E-state index in [-0.39, 0.29) is 11.4 Å². The summed E-state index contributed by atoms with van der Waals surface area (Å²) in [5, 5.41) is 4.73. The van der Waals surface area contributed by atoms with Crippen LogP contribution in [0, 0.1) is 19.7 Å². The minimum atomic E-state index is -0.436. The molecule has 0 fully saturated rings. The van der Waals surface area contributed by atoms with Gasteiger partial charge in [-0.3, -0.25) is 0 Å². The molecular weight excluding hydrogens is 421 g/mol. The van der Waals surface area contributed by atoms with Gasteiger partial charge in [-0.2, -0.15) is 5.10 Å². The standard InChI is InChI=1S/C23H21ClFN3OS/c1-5-29-16-11-9-15(10-12-16)19-13(2)21(30-14(19)3)23-26-22(27-28(23)4)20-17(24)7-6-8-18(20)25/h6-12H,5H2,1-4H3. The quantitative estimate of drug-likeness (QED) is 0.346. The summed E-state index contributed by atoms with van der Waals surface area (Å²) in [6.45, 7) is 6.78. The van der Waals surface area contributed by atoms with Gasteiger partial charge in [-0.15, -0.1) is 11.3 Å². The summed E-state index contributed by atoms with van der Waals surface area (Å²) in [6.07, 6.45) is 0. The number of hydrogen-bond acceptors (Lipinski definition) is 4. The third-order valence-electron chi connectivity index (χ3n) is 4.93. The number of ether oxygens (including phenoxy) is 1. The van der Waals surface area contributed by atoms with E-state index < -0.39 is 5.82 Å². The second-order valence-electron chi connectivity index (χ2n) is 6.92. The normalized spacial score (nSPS) is 11.1. The Bertz CT molecular complexity index is 1190. The molecule has 2 aromatic carbocycles. The molecule has 7 heteroatoms. The third-order valence-corrected chi connectivity index (χ3v) is 6.45. The van der Waals surface area contributed by atoms with E-state index in [1.54, 1.807) is 28.2 Å². The number of aryl methyl sites for hydroxylation is 2. The highest BCUT2D eigenvalue weighted by atomic mass is 35.5. The Morgan fingerprint density at radius 2 is 1.83 bits per heavy atom. The molecule has 0 amide bonds. The Hall–Kier alpha value is -2.70. The summed E-state index contributed by atoms with van der Waals surface area (Å²) >= 11 is 7.86. The number of rotatable bonds is 5. The molecule has 154 valence electrons. The highest BCUT2D eigenvalue weighted by Crippen LogP contribution is 2.41. The van der Waals surface area contributed by atoms with E-state index in [9.17, 15) is 4.39 Å². The second kappa shape index (κ2) is 8.20. The predicted octanol–water partition coefficient (Wildman–Crippen LogP) is 6.69. The first-order chi connectivity index (χ1) is 14.4. The monoisotopic (exact) mass is 441 g/mol. The molecule has 0 radical (unpaired) electrons. The van der Waals surface area contributed by atoms with Gasteiger partial charge in [-0.25, -0.2) is 14.1 Å². The fourth-order valence-electron chi connectivity index (χ4n) is 3.58. The van der Waals surface area contributed by atoms with Crippen LogP contribution in [0.1, 0.15) is 17.4 Å². The van der Waals surface area contributed by atoms with Crippen LogP contribution in [0.3, 0.4) is 0 Å². The predicted molar refractivity (Wildman–Crippen MR) is 121 cm³/mol. The molecule has 0 spiro atoms. The first-order valence-electron chi connectivity index (χ1n) is 9.59. The van der Waals surface area contributed by atoms with Crippen molar-refractivity contribution in [3.05, 3.63) is 63.7 Å². The van der Waals surface area contributed by atoms with E-state index in [2.05, 4.69) is 36.1 Å². The lowest BCUT2D eigenvalue weighted by molar-refractivity contribution is 0.340. The fourth-order valence-corrected chi connectivity index (χ4v) is 5.03. The highest BCUT2D eigenvalue weighted by molar-refractivity contribution is 7.16. The molecule has 4 rings (SSSR count). The Morgan fingerprint density at radius 1 is 1.10 bits per heavy atom. The molecule has 0 atom stereocenters. The first-order valence-corrected chi connectivity index (χ1v) is 10.8. The van der Waals surface area contributed by atoms with Crippen LogP contribution in [0.4, 0.5) is 4.39 Å². The minimum Gasteiger partial charge on any atom is -0.494 e. The Labute approximate surface area is 183 Å². The van der Waals surface area contributed by atoms with Crippen LogP contribution in [-0.2, 0) is 7.05 Å². The van der Waals surface area contributed by atoms with Gasteiger partial charge in [0.15, 0.2) is 11.6 Å². The van der Waals surface area contributed by atoms with E-state index in [1.807, 2.05) is 26.1 Å². The van der Waals surface area contributed by atoms with Crippen LogP contribution in [0.5, 0.6) is 5.75 Å². The van der Waals surface area contributed by atoms with Crippen molar-refractivity contribution in [3.8, 4) is 39.0 Å². The molecule has 30 heavy (non-hydrogen) atoms. The topological polar surface area (TPSA) is 39.9 Å². The van der Waals surface area contributed by atoms with Crippen LogP contribution < -0.4 is 4.74 Å². The Balaban J connectivity index is 1.78. The Morgan fingerprint density at radius 3 is 2.50 bits per heavy atom. The van der Waals surface area contributed by atoms with Gasteiger partial charge in [0.1, 0.15) is 11.6 Å². The molecule has 0 N–H and O–H groups in total. The summed E-state index contributed by atoms with van der Waals surface area (Å²) in [4.78, 5) is 6.82. The van der Waals surface area contributed by atoms with Crippen LogP contribution in [0.25, 0.3) is 33.2 Å². The average molecular weight is 442 g/mol. The maximum absolute atomic E-state index is 14.4. The number of aromatic nitrogens is 3. The summed E-state index contributed by atoms with van der Waals surface area (Å²) in [6, 6.07) is 12.7. The van der Waals surface area contributed by atoms with Crippen molar-refractivity contribution in [3.63, 3.8) is 0 Å². The lowest BCUT2D eigenvalue weighted by atomic mass is 10.0. The van der Waals surface area contributed by atoms with Crippen molar-refractivity contribution in [1.82, 2.24) is 14.8 Å². The van der Waals surface area contributed by atoms with Crippen LogP contribution in [-0.4, -0.2) is 21.4 Å².